The van der Waals surface area contributed by atoms with Gasteiger partial charge in [0.05, 0.1) is 0 Å². The Hall–Kier alpha value is -1.12. The number of nitrogens with one attached hydrogen (secondary N) is 1. The molecule has 1 aromatic carbocycles. The van der Waals surface area contributed by atoms with E-state index in [2.05, 4.69) is 62.0 Å². The zero-order chi connectivity index (χ0) is 13.4. The highest BCUT2D eigenvalue weighted by Crippen LogP contribution is 2.08. The number of hydrogen-bond donors (Lipinski definition) is 1. The molecule has 0 amide bonds. The van der Waals surface area contributed by atoms with E-state index < -0.39 is 0 Å². The third-order valence-electron chi connectivity index (χ3n) is 2.87. The van der Waals surface area contributed by atoms with Gasteiger partial charge in [0.2, 0.25) is 0 Å². The Morgan fingerprint density at radius 2 is 2.06 bits per heavy atom. The van der Waals surface area contributed by atoms with E-state index in [0.29, 0.717) is 6.04 Å². The molecule has 1 N–H and O–H groups in total. The quantitative estimate of drug-likeness (QED) is 0.709. The minimum atomic E-state index is 0.531. The van der Waals surface area contributed by atoms with Crippen molar-refractivity contribution in [3.05, 3.63) is 48.0 Å². The van der Waals surface area contributed by atoms with Gasteiger partial charge in [0.1, 0.15) is 0 Å². The smallest absolute Gasteiger partial charge is 0.0230 e. The molecule has 0 radical (unpaired) electrons. The molecular weight excluding hydrogens is 220 g/mol. The Morgan fingerprint density at radius 3 is 2.72 bits per heavy atom. The molecular formula is C16H26N2. The third-order valence-corrected chi connectivity index (χ3v) is 2.87. The van der Waals surface area contributed by atoms with Crippen molar-refractivity contribution in [1.82, 2.24) is 10.2 Å². The van der Waals surface area contributed by atoms with Gasteiger partial charge in [-0.1, -0.05) is 44.2 Å². The van der Waals surface area contributed by atoms with Crippen LogP contribution >= 0.6 is 0 Å². The van der Waals surface area contributed by atoms with E-state index in [1.807, 2.05) is 6.08 Å². The maximum absolute atomic E-state index is 3.76. The van der Waals surface area contributed by atoms with E-state index in [-0.39, 0.29) is 0 Å². The lowest BCUT2D eigenvalue weighted by atomic mass is 10.1. The fraction of sp³-hybridized carbons (Fsp3) is 0.500. The molecule has 0 atom stereocenters. The van der Waals surface area contributed by atoms with Crippen molar-refractivity contribution in [2.24, 2.45) is 0 Å². The molecule has 0 spiro atoms. The highest BCUT2D eigenvalue weighted by molar-refractivity contribution is 5.23. The molecule has 1 rings (SSSR count). The van der Waals surface area contributed by atoms with Gasteiger partial charge in [-0.05, 0) is 24.6 Å². The molecule has 0 aliphatic carbocycles. The van der Waals surface area contributed by atoms with Crippen molar-refractivity contribution in [3.63, 3.8) is 0 Å². The molecule has 2 nitrogen and oxygen atoms in total. The summed E-state index contributed by atoms with van der Waals surface area (Å²) in [5.41, 5.74) is 2.74. The zero-order valence-corrected chi connectivity index (χ0v) is 11.9. The molecule has 0 unspecified atom stereocenters. The van der Waals surface area contributed by atoms with Crippen LogP contribution in [0, 0.1) is 0 Å². The first-order chi connectivity index (χ1) is 8.61. The number of benzene rings is 1. The molecule has 18 heavy (non-hydrogen) atoms. The largest absolute Gasteiger partial charge is 0.310 e. The van der Waals surface area contributed by atoms with Gasteiger partial charge in [-0.15, -0.1) is 6.58 Å². The minimum Gasteiger partial charge on any atom is -0.310 e. The van der Waals surface area contributed by atoms with Crippen LogP contribution in [0.1, 0.15) is 31.4 Å². The molecule has 100 valence electrons. The summed E-state index contributed by atoms with van der Waals surface area (Å²) in [5.74, 6) is 0. The van der Waals surface area contributed by atoms with Crippen LogP contribution in [0.3, 0.4) is 0 Å². The molecule has 0 aliphatic rings. The van der Waals surface area contributed by atoms with Gasteiger partial charge in [-0.2, -0.15) is 0 Å². The van der Waals surface area contributed by atoms with Crippen molar-refractivity contribution in [2.75, 3.05) is 13.6 Å². The van der Waals surface area contributed by atoms with Crippen molar-refractivity contribution in [1.29, 1.82) is 0 Å². The summed E-state index contributed by atoms with van der Waals surface area (Å²) in [7, 11) is 2.16. The van der Waals surface area contributed by atoms with E-state index in [0.717, 1.165) is 26.1 Å². The summed E-state index contributed by atoms with van der Waals surface area (Å²) in [6.07, 6.45) is 3.02. The van der Waals surface area contributed by atoms with Crippen LogP contribution in [0.4, 0.5) is 0 Å². The fourth-order valence-electron chi connectivity index (χ4n) is 1.86. The highest BCUT2D eigenvalue weighted by atomic mass is 15.1. The van der Waals surface area contributed by atoms with Gasteiger partial charge >= 0.3 is 0 Å². The first-order valence-electron chi connectivity index (χ1n) is 6.72. The van der Waals surface area contributed by atoms with Crippen LogP contribution < -0.4 is 5.32 Å². The second kappa shape index (κ2) is 8.06. The molecule has 0 heterocycles. The van der Waals surface area contributed by atoms with Gasteiger partial charge in [-0.3, -0.25) is 0 Å². The second-order valence-corrected chi connectivity index (χ2v) is 5.17. The summed E-state index contributed by atoms with van der Waals surface area (Å²) in [6, 6.07) is 9.35. The standard InChI is InChI=1S/C16H26N2/c1-5-6-10-18(4)13-16-9-7-8-15(11-16)12-17-14(2)3/h5,7-9,11,14,17H,1,6,10,12-13H2,2-4H3. The van der Waals surface area contributed by atoms with Crippen molar-refractivity contribution < 1.29 is 0 Å². The lowest BCUT2D eigenvalue weighted by Crippen LogP contribution is -2.22. The first kappa shape index (κ1) is 14.9. The predicted molar refractivity (Wildman–Crippen MR) is 79.6 cm³/mol. The summed E-state index contributed by atoms with van der Waals surface area (Å²) in [4.78, 5) is 2.33. The van der Waals surface area contributed by atoms with Gasteiger partial charge in [0, 0.05) is 25.7 Å². The van der Waals surface area contributed by atoms with E-state index >= 15 is 0 Å². The Morgan fingerprint density at radius 1 is 1.33 bits per heavy atom. The summed E-state index contributed by atoms with van der Waals surface area (Å²) in [6.45, 7) is 11.1. The molecule has 0 saturated carbocycles. The van der Waals surface area contributed by atoms with Crippen molar-refractivity contribution >= 4 is 0 Å². The van der Waals surface area contributed by atoms with E-state index in [9.17, 15) is 0 Å². The molecule has 0 bridgehead atoms. The van der Waals surface area contributed by atoms with E-state index in [1.54, 1.807) is 0 Å². The normalized spacial score (nSPS) is 11.2. The average Bonchev–Trinajstić information content (AvgIpc) is 2.34. The number of hydrogen-bond acceptors (Lipinski definition) is 2. The lowest BCUT2D eigenvalue weighted by molar-refractivity contribution is 0.333. The van der Waals surface area contributed by atoms with Crippen LogP contribution in [-0.2, 0) is 13.1 Å². The SMILES string of the molecule is C=CCCN(C)Cc1cccc(CNC(C)C)c1. The molecule has 0 aromatic heterocycles. The summed E-state index contributed by atoms with van der Waals surface area (Å²) in [5, 5.41) is 3.45. The molecule has 2 heteroatoms. The van der Waals surface area contributed by atoms with E-state index in [1.165, 1.54) is 11.1 Å². The van der Waals surface area contributed by atoms with Gasteiger partial charge < -0.3 is 10.2 Å². The van der Waals surface area contributed by atoms with E-state index in [4.69, 9.17) is 0 Å². The summed E-state index contributed by atoms with van der Waals surface area (Å²) >= 11 is 0. The van der Waals surface area contributed by atoms with Crippen LogP contribution in [0.15, 0.2) is 36.9 Å². The summed E-state index contributed by atoms with van der Waals surface area (Å²) < 4.78 is 0. The average molecular weight is 246 g/mol. The van der Waals surface area contributed by atoms with Crippen LogP contribution in [0.25, 0.3) is 0 Å². The highest BCUT2D eigenvalue weighted by Gasteiger charge is 2.01. The van der Waals surface area contributed by atoms with Gasteiger partial charge in [0.15, 0.2) is 0 Å². The fourth-order valence-corrected chi connectivity index (χ4v) is 1.86. The third kappa shape index (κ3) is 5.99. The Kier molecular flexibility index (Phi) is 6.69. The predicted octanol–water partition coefficient (Wildman–Crippen LogP) is 3.19. The maximum atomic E-state index is 3.76. The monoisotopic (exact) mass is 246 g/mol. The Bertz CT molecular complexity index is 358. The number of rotatable bonds is 8. The Balaban J connectivity index is 2.50. The lowest BCUT2D eigenvalue weighted by Gasteiger charge is -2.16. The first-order valence-corrected chi connectivity index (χ1v) is 6.72. The Labute approximate surface area is 112 Å². The topological polar surface area (TPSA) is 15.3 Å². The second-order valence-electron chi connectivity index (χ2n) is 5.17. The van der Waals surface area contributed by atoms with Gasteiger partial charge in [-0.25, -0.2) is 0 Å². The van der Waals surface area contributed by atoms with Crippen LogP contribution in [0.5, 0.6) is 0 Å². The maximum Gasteiger partial charge on any atom is 0.0230 e. The van der Waals surface area contributed by atoms with Gasteiger partial charge in [0.25, 0.3) is 0 Å². The molecule has 0 saturated heterocycles. The zero-order valence-electron chi connectivity index (χ0n) is 11.9. The molecule has 0 fully saturated rings. The van der Waals surface area contributed by atoms with Crippen LogP contribution in [0.2, 0.25) is 0 Å². The minimum absolute atomic E-state index is 0.531. The molecule has 0 aliphatic heterocycles. The van der Waals surface area contributed by atoms with Crippen molar-refractivity contribution in [2.45, 2.75) is 39.4 Å². The van der Waals surface area contributed by atoms with Crippen molar-refractivity contribution in [3.8, 4) is 0 Å². The molecule has 1 aromatic rings. The number of nitrogens with zero attached hydrogens (tertiary/aromatic N) is 1. The van der Waals surface area contributed by atoms with Crippen LogP contribution in [-0.4, -0.2) is 24.5 Å².